The van der Waals surface area contributed by atoms with Gasteiger partial charge in [-0.15, -0.1) is 0 Å². The average Bonchev–Trinajstić information content (AvgIpc) is 3.19. The molecule has 0 spiro atoms. The Morgan fingerprint density at radius 2 is 1.77 bits per heavy atom. The summed E-state index contributed by atoms with van der Waals surface area (Å²) >= 11 is 0. The molecular formula is C25H26FN3O. The van der Waals surface area contributed by atoms with Crippen LogP contribution in [0.4, 0.5) is 10.1 Å². The van der Waals surface area contributed by atoms with Gasteiger partial charge >= 0.3 is 0 Å². The first-order chi connectivity index (χ1) is 14.7. The summed E-state index contributed by atoms with van der Waals surface area (Å²) in [6, 6.07) is 24.2. The fourth-order valence-electron chi connectivity index (χ4n) is 4.77. The maximum atomic E-state index is 13.8. The van der Waals surface area contributed by atoms with Gasteiger partial charge in [0, 0.05) is 24.7 Å². The van der Waals surface area contributed by atoms with Crippen molar-refractivity contribution in [1.29, 1.82) is 0 Å². The lowest BCUT2D eigenvalue weighted by atomic mass is 9.82. The summed E-state index contributed by atoms with van der Waals surface area (Å²) in [6.07, 6.45) is 0. The van der Waals surface area contributed by atoms with Gasteiger partial charge in [-0.05, 0) is 53.9 Å². The van der Waals surface area contributed by atoms with Crippen LogP contribution in [-0.2, 0) is 6.54 Å². The maximum Gasteiger partial charge on any atom is 0.123 e. The van der Waals surface area contributed by atoms with Gasteiger partial charge < -0.3 is 9.64 Å². The lowest BCUT2D eigenvalue weighted by molar-refractivity contribution is 0.339. The summed E-state index contributed by atoms with van der Waals surface area (Å²) in [5, 5.41) is 0. The van der Waals surface area contributed by atoms with Gasteiger partial charge in [0.25, 0.3) is 0 Å². The molecule has 154 valence electrons. The summed E-state index contributed by atoms with van der Waals surface area (Å²) in [5.41, 5.74) is 11.8. The lowest BCUT2D eigenvalue weighted by Crippen LogP contribution is -2.39. The van der Waals surface area contributed by atoms with Gasteiger partial charge in [-0.2, -0.15) is 0 Å². The number of ether oxygens (including phenoxy) is 1. The van der Waals surface area contributed by atoms with Gasteiger partial charge in [0.1, 0.15) is 11.6 Å². The molecular weight excluding hydrogens is 377 g/mol. The van der Waals surface area contributed by atoms with Crippen LogP contribution in [0.3, 0.4) is 0 Å². The third-order valence-electron chi connectivity index (χ3n) is 6.11. The predicted octanol–water partition coefficient (Wildman–Crippen LogP) is 4.75. The number of hydrazine groups is 1. The molecule has 0 saturated carbocycles. The van der Waals surface area contributed by atoms with Gasteiger partial charge in [0.2, 0.25) is 0 Å². The SMILES string of the molecule is CCOc1ccc(C2NNC3c4ccccc4N(Cc4cccc(F)c4)CC23)cc1. The van der Waals surface area contributed by atoms with Gasteiger partial charge in [-0.1, -0.05) is 42.5 Å². The van der Waals surface area contributed by atoms with E-state index in [1.807, 2.05) is 25.1 Å². The van der Waals surface area contributed by atoms with Crippen LogP contribution in [0.15, 0.2) is 72.8 Å². The van der Waals surface area contributed by atoms with Crippen molar-refractivity contribution >= 4 is 5.69 Å². The number of fused-ring (bicyclic) bond motifs is 3. The van der Waals surface area contributed by atoms with Crippen molar-refractivity contribution in [2.45, 2.75) is 25.6 Å². The predicted molar refractivity (Wildman–Crippen MR) is 117 cm³/mol. The maximum absolute atomic E-state index is 13.8. The monoisotopic (exact) mass is 403 g/mol. The largest absolute Gasteiger partial charge is 0.494 e. The van der Waals surface area contributed by atoms with E-state index in [0.717, 1.165) is 17.9 Å². The van der Waals surface area contributed by atoms with Crippen LogP contribution in [-0.4, -0.2) is 13.2 Å². The van der Waals surface area contributed by atoms with E-state index in [0.29, 0.717) is 19.1 Å². The first-order valence-corrected chi connectivity index (χ1v) is 10.5. The first kappa shape index (κ1) is 19.1. The van der Waals surface area contributed by atoms with Crippen LogP contribution >= 0.6 is 0 Å². The van der Waals surface area contributed by atoms with Gasteiger partial charge in [-0.3, -0.25) is 0 Å². The molecule has 5 heteroatoms. The highest BCUT2D eigenvalue weighted by molar-refractivity contribution is 5.58. The molecule has 2 N–H and O–H groups in total. The number of rotatable bonds is 5. The molecule has 0 aromatic heterocycles. The van der Waals surface area contributed by atoms with E-state index >= 15 is 0 Å². The molecule has 3 aromatic carbocycles. The van der Waals surface area contributed by atoms with Crippen molar-refractivity contribution < 1.29 is 9.13 Å². The minimum atomic E-state index is -0.188. The van der Waals surface area contributed by atoms with E-state index in [1.165, 1.54) is 22.9 Å². The third kappa shape index (κ3) is 3.55. The second-order valence-corrected chi connectivity index (χ2v) is 7.98. The van der Waals surface area contributed by atoms with Gasteiger partial charge in [0.05, 0.1) is 18.7 Å². The van der Waals surface area contributed by atoms with Crippen molar-refractivity contribution in [1.82, 2.24) is 10.9 Å². The molecule has 2 aliphatic heterocycles. The number of hydrogen-bond donors (Lipinski definition) is 2. The highest BCUT2D eigenvalue weighted by Gasteiger charge is 2.43. The second kappa shape index (κ2) is 8.09. The highest BCUT2D eigenvalue weighted by atomic mass is 19.1. The standard InChI is InChI=1S/C25H26FN3O/c1-2-30-20-12-10-18(11-13-20)24-22-16-29(15-17-6-5-7-19(26)14-17)23-9-4-3-8-21(23)25(22)28-27-24/h3-14,22,24-25,27-28H,2,15-16H2,1H3. The Labute approximate surface area is 176 Å². The zero-order chi connectivity index (χ0) is 20.5. The Hall–Kier alpha value is -2.89. The molecule has 0 aliphatic carbocycles. The topological polar surface area (TPSA) is 36.5 Å². The number of nitrogens with one attached hydrogen (secondary N) is 2. The Bertz CT molecular complexity index is 1020. The van der Waals surface area contributed by atoms with Crippen LogP contribution in [0.1, 0.15) is 35.7 Å². The molecule has 1 fully saturated rings. The molecule has 0 amide bonds. The van der Waals surface area contributed by atoms with Crippen molar-refractivity contribution in [3.8, 4) is 5.75 Å². The molecule has 1 saturated heterocycles. The Balaban J connectivity index is 1.45. The molecule has 0 bridgehead atoms. The molecule has 5 rings (SSSR count). The van der Waals surface area contributed by atoms with Crippen LogP contribution in [0, 0.1) is 11.7 Å². The lowest BCUT2D eigenvalue weighted by Gasteiger charge is -2.39. The molecule has 3 aromatic rings. The minimum Gasteiger partial charge on any atom is -0.494 e. The highest BCUT2D eigenvalue weighted by Crippen LogP contribution is 2.45. The van der Waals surface area contributed by atoms with Crippen molar-refractivity contribution in [2.24, 2.45) is 5.92 Å². The number of nitrogens with zero attached hydrogens (tertiary/aromatic N) is 1. The second-order valence-electron chi connectivity index (χ2n) is 7.98. The third-order valence-corrected chi connectivity index (χ3v) is 6.11. The summed E-state index contributed by atoms with van der Waals surface area (Å²) < 4.78 is 19.3. The van der Waals surface area contributed by atoms with E-state index in [-0.39, 0.29) is 17.9 Å². The van der Waals surface area contributed by atoms with E-state index in [9.17, 15) is 4.39 Å². The van der Waals surface area contributed by atoms with E-state index in [4.69, 9.17) is 4.74 Å². The van der Waals surface area contributed by atoms with E-state index in [1.54, 1.807) is 12.1 Å². The molecule has 2 aliphatic rings. The van der Waals surface area contributed by atoms with Crippen LogP contribution in [0.2, 0.25) is 0 Å². The first-order valence-electron chi connectivity index (χ1n) is 10.5. The zero-order valence-electron chi connectivity index (χ0n) is 17.0. The molecule has 3 unspecified atom stereocenters. The van der Waals surface area contributed by atoms with E-state index in [2.05, 4.69) is 52.1 Å². The van der Waals surface area contributed by atoms with Gasteiger partial charge in [-0.25, -0.2) is 15.2 Å². The number of anilines is 1. The fourth-order valence-corrected chi connectivity index (χ4v) is 4.77. The smallest absolute Gasteiger partial charge is 0.123 e. The number of hydrogen-bond acceptors (Lipinski definition) is 4. The van der Waals surface area contributed by atoms with Crippen LogP contribution in [0.5, 0.6) is 5.75 Å². The summed E-state index contributed by atoms with van der Waals surface area (Å²) in [6.45, 7) is 4.23. The molecule has 2 heterocycles. The number of halogens is 1. The Morgan fingerprint density at radius 3 is 2.57 bits per heavy atom. The molecule has 4 nitrogen and oxygen atoms in total. The average molecular weight is 404 g/mol. The summed E-state index contributed by atoms with van der Waals surface area (Å²) in [7, 11) is 0. The number of benzene rings is 3. The summed E-state index contributed by atoms with van der Waals surface area (Å²) in [5.74, 6) is 1.06. The zero-order valence-corrected chi connectivity index (χ0v) is 17.0. The van der Waals surface area contributed by atoms with Crippen LogP contribution < -0.4 is 20.5 Å². The molecule has 0 radical (unpaired) electrons. The van der Waals surface area contributed by atoms with Gasteiger partial charge in [0.15, 0.2) is 0 Å². The van der Waals surface area contributed by atoms with Crippen molar-refractivity contribution in [2.75, 3.05) is 18.1 Å². The van der Waals surface area contributed by atoms with E-state index < -0.39 is 0 Å². The molecule has 3 atom stereocenters. The minimum absolute atomic E-state index is 0.188. The normalized spacial score (nSPS) is 22.5. The Morgan fingerprint density at radius 1 is 0.967 bits per heavy atom. The molecule has 30 heavy (non-hydrogen) atoms. The van der Waals surface area contributed by atoms with Crippen LogP contribution in [0.25, 0.3) is 0 Å². The van der Waals surface area contributed by atoms with Crippen molar-refractivity contribution in [3.63, 3.8) is 0 Å². The summed E-state index contributed by atoms with van der Waals surface area (Å²) in [4.78, 5) is 2.38. The number of para-hydroxylation sites is 1. The van der Waals surface area contributed by atoms with Crippen molar-refractivity contribution in [3.05, 3.63) is 95.3 Å². The quantitative estimate of drug-likeness (QED) is 0.645. The Kier molecular flexibility index (Phi) is 5.15. The fraction of sp³-hybridized carbons (Fsp3) is 0.280.